The Hall–Kier alpha value is -2.56. The minimum atomic E-state index is -0.0493. The van der Waals surface area contributed by atoms with E-state index in [1.54, 1.807) is 24.5 Å². The topological polar surface area (TPSA) is 60.5 Å². The first kappa shape index (κ1) is 15.3. The van der Waals surface area contributed by atoms with E-state index in [9.17, 15) is 4.79 Å². The third-order valence-electron chi connectivity index (χ3n) is 3.73. The number of aromatic nitrogens is 1. The normalized spacial score (nSPS) is 12.7. The fourth-order valence-corrected chi connectivity index (χ4v) is 2.50. The first-order chi connectivity index (χ1) is 11.3. The second-order valence-corrected chi connectivity index (χ2v) is 5.43. The summed E-state index contributed by atoms with van der Waals surface area (Å²) >= 11 is 0. The highest BCUT2D eigenvalue weighted by atomic mass is 16.6. The van der Waals surface area contributed by atoms with Gasteiger partial charge in [-0.15, -0.1) is 0 Å². The molecule has 5 nitrogen and oxygen atoms in total. The first-order valence-corrected chi connectivity index (χ1v) is 7.90. The van der Waals surface area contributed by atoms with Crippen LogP contribution in [0.1, 0.15) is 28.8 Å². The van der Waals surface area contributed by atoms with Gasteiger partial charge in [0, 0.05) is 24.5 Å². The SMILES string of the molecule is O=C(NCCCCc1ccc2c(c1)OCCO2)c1ccncc1. The maximum atomic E-state index is 11.9. The maximum absolute atomic E-state index is 11.9. The van der Waals surface area contributed by atoms with E-state index in [1.807, 2.05) is 12.1 Å². The zero-order valence-corrected chi connectivity index (χ0v) is 13.0. The molecule has 1 amide bonds. The van der Waals surface area contributed by atoms with Crippen LogP contribution in [0.5, 0.6) is 11.5 Å². The van der Waals surface area contributed by atoms with Crippen LogP contribution in [0, 0.1) is 0 Å². The molecule has 0 radical (unpaired) electrons. The number of carbonyl (C=O) groups is 1. The molecule has 3 rings (SSSR count). The van der Waals surface area contributed by atoms with Gasteiger partial charge in [0.05, 0.1) is 0 Å². The quantitative estimate of drug-likeness (QED) is 0.833. The Balaban J connectivity index is 1.39. The second kappa shape index (κ2) is 7.63. The number of fused-ring (bicyclic) bond motifs is 1. The number of nitrogens with zero attached hydrogens (tertiary/aromatic N) is 1. The van der Waals surface area contributed by atoms with E-state index in [-0.39, 0.29) is 5.91 Å². The summed E-state index contributed by atoms with van der Waals surface area (Å²) in [5, 5.41) is 2.92. The Morgan fingerprint density at radius 3 is 2.65 bits per heavy atom. The lowest BCUT2D eigenvalue weighted by molar-refractivity contribution is 0.0953. The van der Waals surface area contributed by atoms with E-state index in [0.29, 0.717) is 25.3 Å². The number of hydrogen-bond donors (Lipinski definition) is 1. The fourth-order valence-electron chi connectivity index (χ4n) is 2.50. The molecule has 0 saturated carbocycles. The highest BCUT2D eigenvalue weighted by Gasteiger charge is 2.11. The lowest BCUT2D eigenvalue weighted by Gasteiger charge is -2.18. The monoisotopic (exact) mass is 312 g/mol. The summed E-state index contributed by atoms with van der Waals surface area (Å²) in [6.45, 7) is 1.90. The molecule has 1 aliphatic heterocycles. The summed E-state index contributed by atoms with van der Waals surface area (Å²) in [5.74, 6) is 1.61. The number of pyridine rings is 1. The predicted molar refractivity (Wildman–Crippen MR) is 86.9 cm³/mol. The van der Waals surface area contributed by atoms with E-state index in [0.717, 1.165) is 30.8 Å². The van der Waals surface area contributed by atoms with Crippen molar-refractivity contribution in [3.8, 4) is 11.5 Å². The lowest BCUT2D eigenvalue weighted by Crippen LogP contribution is -2.24. The third-order valence-corrected chi connectivity index (χ3v) is 3.73. The molecule has 1 aromatic carbocycles. The zero-order chi connectivity index (χ0) is 15.9. The average molecular weight is 312 g/mol. The molecule has 2 heterocycles. The summed E-state index contributed by atoms with van der Waals surface area (Å²) < 4.78 is 11.1. The smallest absolute Gasteiger partial charge is 0.251 e. The van der Waals surface area contributed by atoms with Crippen LogP contribution in [0.2, 0.25) is 0 Å². The molecule has 0 fully saturated rings. The molecule has 2 aromatic rings. The van der Waals surface area contributed by atoms with Gasteiger partial charge in [0.25, 0.3) is 5.91 Å². The van der Waals surface area contributed by atoms with Gasteiger partial charge in [-0.25, -0.2) is 0 Å². The molecule has 0 spiro atoms. The molecule has 5 heteroatoms. The predicted octanol–water partition coefficient (Wildman–Crippen LogP) is 2.61. The van der Waals surface area contributed by atoms with Crippen LogP contribution in [0.3, 0.4) is 0 Å². The van der Waals surface area contributed by atoms with Crippen molar-refractivity contribution < 1.29 is 14.3 Å². The molecule has 0 aliphatic carbocycles. The summed E-state index contributed by atoms with van der Waals surface area (Å²) in [4.78, 5) is 15.8. The van der Waals surface area contributed by atoms with Gasteiger partial charge >= 0.3 is 0 Å². The summed E-state index contributed by atoms with van der Waals surface area (Å²) in [7, 11) is 0. The third kappa shape index (κ3) is 4.22. The number of ether oxygens (including phenoxy) is 2. The summed E-state index contributed by atoms with van der Waals surface area (Å²) in [6.07, 6.45) is 6.15. The van der Waals surface area contributed by atoms with Crippen LogP contribution < -0.4 is 14.8 Å². The minimum Gasteiger partial charge on any atom is -0.486 e. The van der Waals surface area contributed by atoms with E-state index in [1.165, 1.54) is 5.56 Å². The van der Waals surface area contributed by atoms with Gasteiger partial charge in [-0.1, -0.05) is 6.07 Å². The molecule has 0 saturated heterocycles. The Labute approximate surface area is 135 Å². The first-order valence-electron chi connectivity index (χ1n) is 7.90. The molecule has 1 aliphatic rings. The Morgan fingerprint density at radius 1 is 1.04 bits per heavy atom. The number of amides is 1. The number of carbonyl (C=O) groups excluding carboxylic acids is 1. The summed E-state index contributed by atoms with van der Waals surface area (Å²) in [5.41, 5.74) is 1.88. The molecule has 120 valence electrons. The molecule has 1 N–H and O–H groups in total. The Kier molecular flexibility index (Phi) is 5.09. The van der Waals surface area contributed by atoms with Gasteiger partial charge in [0.2, 0.25) is 0 Å². The van der Waals surface area contributed by atoms with Crippen molar-refractivity contribution in [1.29, 1.82) is 0 Å². The van der Waals surface area contributed by atoms with Gasteiger partial charge < -0.3 is 14.8 Å². The zero-order valence-electron chi connectivity index (χ0n) is 13.0. The maximum Gasteiger partial charge on any atom is 0.251 e. The van der Waals surface area contributed by atoms with E-state index in [4.69, 9.17) is 9.47 Å². The highest BCUT2D eigenvalue weighted by molar-refractivity contribution is 5.93. The van der Waals surface area contributed by atoms with Crippen LogP contribution in [0.25, 0.3) is 0 Å². The molecular weight excluding hydrogens is 292 g/mol. The van der Waals surface area contributed by atoms with Gasteiger partial charge in [-0.2, -0.15) is 0 Å². The average Bonchev–Trinajstić information content (AvgIpc) is 2.62. The fraction of sp³-hybridized carbons (Fsp3) is 0.333. The largest absolute Gasteiger partial charge is 0.486 e. The van der Waals surface area contributed by atoms with Crippen molar-refractivity contribution in [2.24, 2.45) is 0 Å². The molecule has 0 bridgehead atoms. The number of nitrogens with one attached hydrogen (secondary N) is 1. The number of unbranched alkanes of at least 4 members (excludes halogenated alkanes) is 1. The van der Waals surface area contributed by atoms with Crippen molar-refractivity contribution >= 4 is 5.91 Å². The van der Waals surface area contributed by atoms with Crippen molar-refractivity contribution in [3.63, 3.8) is 0 Å². The minimum absolute atomic E-state index is 0.0493. The van der Waals surface area contributed by atoms with Crippen molar-refractivity contribution in [1.82, 2.24) is 10.3 Å². The lowest BCUT2D eigenvalue weighted by atomic mass is 10.1. The van der Waals surface area contributed by atoms with E-state index in [2.05, 4.69) is 16.4 Å². The van der Waals surface area contributed by atoms with Gasteiger partial charge in [-0.3, -0.25) is 9.78 Å². The van der Waals surface area contributed by atoms with Crippen LogP contribution in [-0.4, -0.2) is 30.6 Å². The van der Waals surface area contributed by atoms with E-state index >= 15 is 0 Å². The number of rotatable bonds is 6. The van der Waals surface area contributed by atoms with Crippen LogP contribution in [0.4, 0.5) is 0 Å². The van der Waals surface area contributed by atoms with Crippen molar-refractivity contribution in [2.75, 3.05) is 19.8 Å². The summed E-state index contributed by atoms with van der Waals surface area (Å²) in [6, 6.07) is 9.51. The van der Waals surface area contributed by atoms with Crippen molar-refractivity contribution in [3.05, 3.63) is 53.9 Å². The Bertz CT molecular complexity index is 659. The van der Waals surface area contributed by atoms with E-state index < -0.39 is 0 Å². The van der Waals surface area contributed by atoms with Crippen LogP contribution in [0.15, 0.2) is 42.7 Å². The molecule has 1 aromatic heterocycles. The van der Waals surface area contributed by atoms with Gasteiger partial charge in [-0.05, 0) is 49.1 Å². The standard InChI is InChI=1S/C18H20N2O3/c21-18(15-6-9-19-10-7-15)20-8-2-1-3-14-4-5-16-17(13-14)23-12-11-22-16/h4-7,9-10,13H,1-3,8,11-12H2,(H,20,21). The Morgan fingerprint density at radius 2 is 1.83 bits per heavy atom. The number of aryl methyl sites for hydroxylation is 1. The molecule has 0 unspecified atom stereocenters. The van der Waals surface area contributed by atoms with Crippen LogP contribution >= 0.6 is 0 Å². The molecular formula is C18H20N2O3. The second-order valence-electron chi connectivity index (χ2n) is 5.43. The molecule has 23 heavy (non-hydrogen) atoms. The van der Waals surface area contributed by atoms with Crippen LogP contribution in [-0.2, 0) is 6.42 Å². The molecule has 0 atom stereocenters. The van der Waals surface area contributed by atoms with Gasteiger partial charge in [0.15, 0.2) is 11.5 Å². The number of benzene rings is 1. The van der Waals surface area contributed by atoms with Crippen molar-refractivity contribution in [2.45, 2.75) is 19.3 Å². The number of hydrogen-bond acceptors (Lipinski definition) is 4. The van der Waals surface area contributed by atoms with Gasteiger partial charge in [0.1, 0.15) is 13.2 Å². The highest BCUT2D eigenvalue weighted by Crippen LogP contribution is 2.31.